The van der Waals surface area contributed by atoms with Crippen molar-refractivity contribution >= 4 is 0 Å². The predicted molar refractivity (Wildman–Crippen MR) is 35.8 cm³/mol. The van der Waals surface area contributed by atoms with Crippen molar-refractivity contribution in [1.82, 2.24) is 5.32 Å². The van der Waals surface area contributed by atoms with Crippen molar-refractivity contribution in [2.75, 3.05) is 7.05 Å². The Hall–Kier alpha value is -0.0800. The summed E-state index contributed by atoms with van der Waals surface area (Å²) in [4.78, 5) is 0. The second kappa shape index (κ2) is 3.18. The molecule has 0 aromatic heterocycles. The average molecular weight is 128 g/mol. The van der Waals surface area contributed by atoms with Gasteiger partial charge >= 0.3 is 0 Å². The Bertz CT molecular complexity index is 77.0. The Morgan fingerprint density at radius 2 is 1.78 bits per heavy atom. The van der Waals surface area contributed by atoms with Gasteiger partial charge in [0.05, 0.1) is 6.10 Å². The third-order valence-electron chi connectivity index (χ3n) is 2.08. The van der Waals surface area contributed by atoms with E-state index in [2.05, 4.69) is 5.32 Å². The van der Waals surface area contributed by atoms with Crippen LogP contribution in [0.5, 0.6) is 0 Å². The molecule has 2 heteroatoms. The van der Waals surface area contributed by atoms with Crippen molar-refractivity contribution in [2.24, 2.45) is 0 Å². The summed E-state index contributed by atoms with van der Waals surface area (Å²) in [5.41, 5.74) is 0. The summed E-state index contributed by atoms with van der Waals surface area (Å²) >= 11 is 0. The lowest BCUT2D eigenvalue weighted by molar-refractivity contribution is 0.0490. The van der Waals surface area contributed by atoms with E-state index < -0.39 is 0 Å². The third-order valence-corrected chi connectivity index (χ3v) is 2.08. The Morgan fingerprint density at radius 3 is 2.22 bits per heavy atom. The van der Waals surface area contributed by atoms with Crippen molar-refractivity contribution in [2.45, 2.75) is 37.8 Å². The summed E-state index contributed by atoms with van der Waals surface area (Å²) in [7, 11) is 1.97. The molecule has 1 fully saturated rings. The Balaban J connectivity index is 2.18. The quantitative estimate of drug-likeness (QED) is 0.560. The molecule has 0 bridgehead atoms. The molecule has 1 aliphatic carbocycles. The first-order valence-corrected chi connectivity index (χ1v) is 3.66. The summed E-state index contributed by atoms with van der Waals surface area (Å²) < 4.78 is 0. The summed E-state index contributed by atoms with van der Waals surface area (Å²) in [5, 5.41) is 14.0. The van der Waals surface area contributed by atoms with Crippen LogP contribution in [0.3, 0.4) is 0 Å². The smallest absolute Gasteiger partial charge is 0.0931 e. The number of nitrogens with one attached hydrogen (secondary N) is 1. The van der Waals surface area contributed by atoms with Gasteiger partial charge in [0, 0.05) is 6.04 Å². The van der Waals surface area contributed by atoms with E-state index in [1.807, 2.05) is 7.05 Å². The zero-order chi connectivity index (χ0) is 6.69. The molecule has 1 rings (SSSR count). The highest BCUT2D eigenvalue weighted by Gasteiger charge is 2.18. The van der Waals surface area contributed by atoms with Crippen LogP contribution < -0.4 is 5.32 Å². The van der Waals surface area contributed by atoms with Crippen molar-refractivity contribution in [3.8, 4) is 0 Å². The Morgan fingerprint density at radius 1 is 1.22 bits per heavy atom. The van der Waals surface area contributed by atoms with Crippen molar-refractivity contribution in [3.63, 3.8) is 0 Å². The number of hydrogen-bond acceptors (Lipinski definition) is 1. The largest absolute Gasteiger partial charge is 0.317 e. The Kier molecular flexibility index (Phi) is 2.49. The van der Waals surface area contributed by atoms with Gasteiger partial charge in [-0.1, -0.05) is 0 Å². The molecule has 1 N–H and O–H groups in total. The molecule has 0 saturated heterocycles. The van der Waals surface area contributed by atoms with Crippen LogP contribution in [0.25, 0.3) is 0 Å². The molecule has 0 heterocycles. The molecule has 1 radical (unpaired) electrons. The first-order valence-electron chi connectivity index (χ1n) is 3.66. The van der Waals surface area contributed by atoms with Gasteiger partial charge in [-0.25, -0.2) is 5.11 Å². The number of rotatable bonds is 1. The van der Waals surface area contributed by atoms with Gasteiger partial charge in [0.2, 0.25) is 0 Å². The zero-order valence-electron chi connectivity index (χ0n) is 5.89. The minimum Gasteiger partial charge on any atom is -0.317 e. The Labute approximate surface area is 56.3 Å². The molecule has 0 aliphatic heterocycles. The second-order valence-corrected chi connectivity index (χ2v) is 2.76. The minimum atomic E-state index is -0.269. The van der Waals surface area contributed by atoms with E-state index in [9.17, 15) is 5.11 Å². The summed E-state index contributed by atoms with van der Waals surface area (Å²) in [5.74, 6) is 0. The topological polar surface area (TPSA) is 31.9 Å². The molecule has 0 aromatic rings. The van der Waals surface area contributed by atoms with Crippen molar-refractivity contribution < 1.29 is 5.11 Å². The van der Waals surface area contributed by atoms with Crippen LogP contribution in [-0.2, 0) is 5.11 Å². The van der Waals surface area contributed by atoms with Crippen LogP contribution in [0.15, 0.2) is 0 Å². The fraction of sp³-hybridized carbons (Fsp3) is 1.00. The van der Waals surface area contributed by atoms with Gasteiger partial charge in [-0.15, -0.1) is 0 Å². The van der Waals surface area contributed by atoms with Gasteiger partial charge in [0.25, 0.3) is 0 Å². The van der Waals surface area contributed by atoms with Crippen LogP contribution in [0.4, 0.5) is 0 Å². The van der Waals surface area contributed by atoms with Gasteiger partial charge in [-0.2, -0.15) is 0 Å². The molecule has 2 nitrogen and oxygen atoms in total. The standard InChI is InChI=1S/C7H14NO/c1-8-6-2-4-7(9)5-3-6/h6-8H,2-5H2,1H3. The van der Waals surface area contributed by atoms with Gasteiger partial charge in [0.1, 0.15) is 0 Å². The fourth-order valence-corrected chi connectivity index (χ4v) is 1.35. The van der Waals surface area contributed by atoms with E-state index in [0.717, 1.165) is 25.7 Å². The van der Waals surface area contributed by atoms with Crippen LogP contribution in [0.2, 0.25) is 0 Å². The van der Waals surface area contributed by atoms with Crippen molar-refractivity contribution in [3.05, 3.63) is 0 Å². The maximum Gasteiger partial charge on any atom is 0.0931 e. The highest BCUT2D eigenvalue weighted by molar-refractivity contribution is 4.74. The van der Waals surface area contributed by atoms with E-state index in [0.29, 0.717) is 6.04 Å². The van der Waals surface area contributed by atoms with Crippen molar-refractivity contribution in [1.29, 1.82) is 0 Å². The third kappa shape index (κ3) is 1.95. The highest BCUT2D eigenvalue weighted by atomic mass is 16.3. The van der Waals surface area contributed by atoms with Crippen LogP contribution in [-0.4, -0.2) is 19.2 Å². The molecular weight excluding hydrogens is 114 g/mol. The first kappa shape index (κ1) is 7.03. The van der Waals surface area contributed by atoms with E-state index in [4.69, 9.17) is 0 Å². The molecule has 0 atom stereocenters. The second-order valence-electron chi connectivity index (χ2n) is 2.76. The average Bonchev–Trinajstić information content (AvgIpc) is 1.90. The predicted octanol–water partition coefficient (Wildman–Crippen LogP) is 0.947. The molecule has 0 amide bonds. The molecule has 9 heavy (non-hydrogen) atoms. The summed E-state index contributed by atoms with van der Waals surface area (Å²) in [6, 6.07) is 0.621. The lowest BCUT2D eigenvalue weighted by Crippen LogP contribution is -2.31. The van der Waals surface area contributed by atoms with Crippen LogP contribution in [0, 0.1) is 0 Å². The molecule has 0 unspecified atom stereocenters. The fourth-order valence-electron chi connectivity index (χ4n) is 1.35. The lowest BCUT2D eigenvalue weighted by atomic mass is 9.93. The van der Waals surface area contributed by atoms with E-state index >= 15 is 0 Å². The van der Waals surface area contributed by atoms with E-state index in [1.54, 1.807) is 0 Å². The zero-order valence-corrected chi connectivity index (χ0v) is 5.89. The minimum absolute atomic E-state index is 0.269. The first-order chi connectivity index (χ1) is 4.33. The monoisotopic (exact) mass is 128 g/mol. The molecule has 53 valence electrons. The molecule has 1 aliphatic rings. The van der Waals surface area contributed by atoms with Gasteiger partial charge in [-0.05, 0) is 32.7 Å². The van der Waals surface area contributed by atoms with Gasteiger partial charge in [0.15, 0.2) is 0 Å². The lowest BCUT2D eigenvalue weighted by Gasteiger charge is -2.23. The maximum absolute atomic E-state index is 10.8. The number of hydrogen-bond donors (Lipinski definition) is 1. The molecule has 1 saturated carbocycles. The van der Waals surface area contributed by atoms with E-state index in [1.165, 1.54) is 0 Å². The maximum atomic E-state index is 10.8. The van der Waals surface area contributed by atoms with Gasteiger partial charge in [-0.3, -0.25) is 0 Å². The normalized spacial score (nSPS) is 36.7. The van der Waals surface area contributed by atoms with Gasteiger partial charge < -0.3 is 5.32 Å². The highest BCUT2D eigenvalue weighted by Crippen LogP contribution is 2.17. The summed E-state index contributed by atoms with van der Waals surface area (Å²) in [6.07, 6.45) is 3.61. The SMILES string of the molecule is CNC1CCC([O])CC1. The molecular formula is C7H14NO. The molecule has 0 aromatic carbocycles. The molecule has 0 spiro atoms. The summed E-state index contributed by atoms with van der Waals surface area (Å²) in [6.45, 7) is 0. The van der Waals surface area contributed by atoms with Crippen LogP contribution >= 0.6 is 0 Å². The van der Waals surface area contributed by atoms with E-state index in [-0.39, 0.29) is 6.10 Å². The van der Waals surface area contributed by atoms with Crippen LogP contribution in [0.1, 0.15) is 25.7 Å².